The van der Waals surface area contributed by atoms with Gasteiger partial charge in [-0.05, 0) is 56.2 Å². The quantitative estimate of drug-likeness (QED) is 0.807. The Labute approximate surface area is 152 Å². The smallest absolute Gasteiger partial charge is 0.344 e. The third-order valence-electron chi connectivity index (χ3n) is 3.82. The van der Waals surface area contributed by atoms with Crippen molar-refractivity contribution >= 4 is 17.6 Å². The molecule has 1 amide bonds. The lowest BCUT2D eigenvalue weighted by atomic mass is 10.1. The zero-order chi connectivity index (χ0) is 19.1. The van der Waals surface area contributed by atoms with Crippen LogP contribution in [0.25, 0.3) is 0 Å². The standard InChI is InChI=1S/C20H20N2O4/c1-13-8-9-17(10-14(13)2)25-12-19(23)26-15(3)20(24)22-18-7-5-4-6-16(18)11-21/h4-10,15H,12H2,1-3H3,(H,22,24)/t15-/m0/s1. The first-order valence-electron chi connectivity index (χ1n) is 8.10. The van der Waals surface area contributed by atoms with Gasteiger partial charge >= 0.3 is 5.97 Å². The minimum atomic E-state index is -1.02. The molecular formula is C20H20N2O4. The highest BCUT2D eigenvalue weighted by Crippen LogP contribution is 2.17. The molecule has 0 aliphatic carbocycles. The number of benzene rings is 2. The van der Waals surface area contributed by atoms with E-state index in [1.807, 2.05) is 32.0 Å². The maximum Gasteiger partial charge on any atom is 0.344 e. The van der Waals surface area contributed by atoms with Gasteiger partial charge in [0.15, 0.2) is 12.7 Å². The minimum Gasteiger partial charge on any atom is -0.482 e. The van der Waals surface area contributed by atoms with E-state index in [1.54, 1.807) is 30.3 Å². The van der Waals surface area contributed by atoms with Crippen molar-refractivity contribution in [2.24, 2.45) is 0 Å². The summed E-state index contributed by atoms with van der Waals surface area (Å²) in [6, 6.07) is 14.1. The van der Waals surface area contributed by atoms with E-state index < -0.39 is 18.0 Å². The number of carbonyl (C=O) groups excluding carboxylic acids is 2. The topological polar surface area (TPSA) is 88.4 Å². The van der Waals surface area contributed by atoms with Crippen LogP contribution >= 0.6 is 0 Å². The maximum absolute atomic E-state index is 12.1. The molecule has 2 aromatic rings. The van der Waals surface area contributed by atoms with Crippen molar-refractivity contribution in [3.05, 3.63) is 59.2 Å². The molecule has 0 unspecified atom stereocenters. The van der Waals surface area contributed by atoms with E-state index in [-0.39, 0.29) is 6.61 Å². The second kappa shape index (κ2) is 8.67. The summed E-state index contributed by atoms with van der Waals surface area (Å²) in [5, 5.41) is 11.6. The number of anilines is 1. The van der Waals surface area contributed by atoms with Gasteiger partial charge in [-0.25, -0.2) is 4.79 Å². The van der Waals surface area contributed by atoms with Gasteiger partial charge in [0.05, 0.1) is 11.3 Å². The zero-order valence-corrected chi connectivity index (χ0v) is 14.9. The number of carbonyl (C=O) groups is 2. The molecular weight excluding hydrogens is 332 g/mol. The Hall–Kier alpha value is -3.33. The molecule has 134 valence electrons. The number of ether oxygens (including phenoxy) is 2. The Balaban J connectivity index is 1.87. The van der Waals surface area contributed by atoms with Crippen molar-refractivity contribution in [2.45, 2.75) is 26.9 Å². The normalized spacial score (nSPS) is 11.2. The van der Waals surface area contributed by atoms with E-state index in [9.17, 15) is 9.59 Å². The number of hydrogen-bond donors (Lipinski definition) is 1. The van der Waals surface area contributed by atoms with Crippen LogP contribution in [0.3, 0.4) is 0 Å². The van der Waals surface area contributed by atoms with Gasteiger partial charge in [0.1, 0.15) is 11.8 Å². The molecule has 2 aromatic carbocycles. The van der Waals surface area contributed by atoms with E-state index in [0.717, 1.165) is 11.1 Å². The summed E-state index contributed by atoms with van der Waals surface area (Å²) in [5.74, 6) is -0.614. The molecule has 0 fully saturated rings. The molecule has 0 saturated heterocycles. The highest BCUT2D eigenvalue weighted by atomic mass is 16.6. The summed E-state index contributed by atoms with van der Waals surface area (Å²) in [7, 11) is 0. The lowest BCUT2D eigenvalue weighted by molar-refractivity contribution is -0.155. The van der Waals surface area contributed by atoms with Crippen LogP contribution in [0.15, 0.2) is 42.5 Å². The SMILES string of the molecule is Cc1ccc(OCC(=O)O[C@@H](C)C(=O)Nc2ccccc2C#N)cc1C. The van der Waals surface area contributed by atoms with Crippen molar-refractivity contribution < 1.29 is 19.1 Å². The van der Waals surface area contributed by atoms with E-state index in [2.05, 4.69) is 5.32 Å². The van der Waals surface area contributed by atoms with Gasteiger partial charge in [-0.3, -0.25) is 4.79 Å². The Morgan fingerprint density at radius 2 is 1.88 bits per heavy atom. The fourth-order valence-corrected chi connectivity index (χ4v) is 2.15. The van der Waals surface area contributed by atoms with Gasteiger partial charge in [0.25, 0.3) is 5.91 Å². The summed E-state index contributed by atoms with van der Waals surface area (Å²) < 4.78 is 10.5. The number of aryl methyl sites for hydroxylation is 2. The fraction of sp³-hybridized carbons (Fsp3) is 0.250. The first-order chi connectivity index (χ1) is 12.4. The van der Waals surface area contributed by atoms with Crippen LogP contribution in [0, 0.1) is 25.2 Å². The predicted octanol–water partition coefficient (Wildman–Crippen LogP) is 3.12. The van der Waals surface area contributed by atoms with Crippen molar-refractivity contribution in [3.8, 4) is 11.8 Å². The van der Waals surface area contributed by atoms with Crippen molar-refractivity contribution in [1.29, 1.82) is 5.26 Å². The van der Waals surface area contributed by atoms with Crippen LogP contribution in [0.2, 0.25) is 0 Å². The maximum atomic E-state index is 12.1. The number of nitriles is 1. The number of hydrogen-bond acceptors (Lipinski definition) is 5. The molecule has 0 spiro atoms. The number of para-hydroxylation sites is 1. The van der Waals surface area contributed by atoms with Crippen LogP contribution in [-0.4, -0.2) is 24.6 Å². The number of nitrogens with zero attached hydrogens (tertiary/aromatic N) is 1. The summed E-state index contributed by atoms with van der Waals surface area (Å²) in [6.07, 6.45) is -1.02. The second-order valence-corrected chi connectivity index (χ2v) is 5.81. The van der Waals surface area contributed by atoms with Crippen LogP contribution in [0.5, 0.6) is 5.75 Å². The fourth-order valence-electron chi connectivity index (χ4n) is 2.15. The van der Waals surface area contributed by atoms with E-state index in [1.165, 1.54) is 6.92 Å². The number of rotatable bonds is 6. The van der Waals surface area contributed by atoms with E-state index >= 15 is 0 Å². The lowest BCUT2D eigenvalue weighted by Crippen LogP contribution is -2.31. The summed E-state index contributed by atoms with van der Waals surface area (Å²) in [4.78, 5) is 24.0. The molecule has 0 aliphatic rings. The molecule has 0 aliphatic heterocycles. The molecule has 1 N–H and O–H groups in total. The summed E-state index contributed by atoms with van der Waals surface area (Å²) in [6.45, 7) is 5.09. The van der Waals surface area contributed by atoms with Crippen molar-refractivity contribution in [3.63, 3.8) is 0 Å². The molecule has 0 radical (unpaired) electrons. The van der Waals surface area contributed by atoms with Gasteiger partial charge in [0.2, 0.25) is 0 Å². The minimum absolute atomic E-state index is 0.297. The van der Waals surface area contributed by atoms with Crippen molar-refractivity contribution in [1.82, 2.24) is 0 Å². The predicted molar refractivity (Wildman–Crippen MR) is 96.8 cm³/mol. The Bertz CT molecular complexity index is 855. The first-order valence-corrected chi connectivity index (χ1v) is 8.10. The van der Waals surface area contributed by atoms with Crippen LogP contribution in [0.1, 0.15) is 23.6 Å². The molecule has 2 rings (SSSR count). The van der Waals surface area contributed by atoms with Crippen molar-refractivity contribution in [2.75, 3.05) is 11.9 Å². The van der Waals surface area contributed by atoms with Gasteiger partial charge in [-0.15, -0.1) is 0 Å². The number of amides is 1. The molecule has 6 nitrogen and oxygen atoms in total. The molecule has 0 bridgehead atoms. The van der Waals surface area contributed by atoms with Crippen LogP contribution in [-0.2, 0) is 14.3 Å². The van der Waals surface area contributed by atoms with Gasteiger partial charge in [0, 0.05) is 0 Å². The average molecular weight is 352 g/mol. The van der Waals surface area contributed by atoms with Gasteiger partial charge in [-0.1, -0.05) is 18.2 Å². The number of esters is 1. The van der Waals surface area contributed by atoms with E-state index in [4.69, 9.17) is 14.7 Å². The third-order valence-corrected chi connectivity index (χ3v) is 3.82. The van der Waals surface area contributed by atoms with Crippen LogP contribution in [0.4, 0.5) is 5.69 Å². The molecule has 0 aromatic heterocycles. The average Bonchev–Trinajstić information content (AvgIpc) is 2.63. The highest BCUT2D eigenvalue weighted by molar-refractivity contribution is 5.96. The molecule has 0 heterocycles. The molecule has 0 saturated carbocycles. The number of nitrogens with one attached hydrogen (secondary N) is 1. The molecule has 6 heteroatoms. The molecule has 1 atom stereocenters. The van der Waals surface area contributed by atoms with Gasteiger partial charge in [-0.2, -0.15) is 5.26 Å². The summed E-state index contributed by atoms with van der Waals surface area (Å²) >= 11 is 0. The lowest BCUT2D eigenvalue weighted by Gasteiger charge is -2.14. The largest absolute Gasteiger partial charge is 0.482 e. The Kier molecular flexibility index (Phi) is 6.34. The summed E-state index contributed by atoms with van der Waals surface area (Å²) in [5.41, 5.74) is 2.88. The zero-order valence-electron chi connectivity index (χ0n) is 14.9. The third kappa shape index (κ3) is 5.08. The van der Waals surface area contributed by atoms with Crippen LogP contribution < -0.4 is 10.1 Å². The molecule has 26 heavy (non-hydrogen) atoms. The monoisotopic (exact) mass is 352 g/mol. The van der Waals surface area contributed by atoms with Gasteiger partial charge < -0.3 is 14.8 Å². The first kappa shape index (κ1) is 19.0. The van der Waals surface area contributed by atoms with E-state index in [0.29, 0.717) is 17.0 Å². The second-order valence-electron chi connectivity index (χ2n) is 5.81. The Morgan fingerprint density at radius 3 is 2.58 bits per heavy atom. The highest BCUT2D eigenvalue weighted by Gasteiger charge is 2.19. The Morgan fingerprint density at radius 1 is 1.15 bits per heavy atom.